The molecular formula is C12H12O2S. The van der Waals surface area contributed by atoms with E-state index in [1.54, 1.807) is 23.6 Å². The van der Waals surface area contributed by atoms with Crippen LogP contribution in [0.5, 0.6) is 5.75 Å². The van der Waals surface area contributed by atoms with E-state index in [2.05, 4.69) is 0 Å². The Bertz CT molecular complexity index is 484. The first kappa shape index (κ1) is 10.2. The molecule has 1 heterocycles. The smallest absolute Gasteiger partial charge is 0.116 e. The summed E-state index contributed by atoms with van der Waals surface area (Å²) in [7, 11) is -0.861. The summed E-state index contributed by atoms with van der Waals surface area (Å²) in [6.45, 7) is 1.96. The fourth-order valence-corrected chi connectivity index (χ4v) is 2.69. The van der Waals surface area contributed by atoms with Crippen molar-refractivity contribution < 1.29 is 9.66 Å². The van der Waals surface area contributed by atoms with Gasteiger partial charge in [-0.2, -0.15) is 0 Å². The van der Waals surface area contributed by atoms with Crippen molar-refractivity contribution in [1.29, 1.82) is 0 Å². The van der Waals surface area contributed by atoms with Crippen molar-refractivity contribution in [3.05, 3.63) is 53.0 Å². The minimum Gasteiger partial charge on any atom is -0.508 e. The number of benzene rings is 1. The van der Waals surface area contributed by atoms with Crippen molar-refractivity contribution in [2.24, 2.45) is 0 Å². The maximum Gasteiger partial charge on any atom is 0.116 e. The number of aromatic hydroxyl groups is 1. The Balaban J connectivity index is 2.56. The van der Waals surface area contributed by atoms with Crippen LogP contribution in [0.4, 0.5) is 0 Å². The highest BCUT2D eigenvalue weighted by Crippen LogP contribution is 2.26. The molecule has 0 fully saturated rings. The number of phenolic OH excluding ortho intramolecular Hbond substituents is 1. The molecule has 0 spiro atoms. The summed E-state index contributed by atoms with van der Waals surface area (Å²) in [5, 5.41) is 11.1. The average Bonchev–Trinajstić information content (AvgIpc) is 2.17. The molecule has 2 nitrogen and oxygen atoms in total. The van der Waals surface area contributed by atoms with E-state index < -0.39 is 10.8 Å². The lowest BCUT2D eigenvalue weighted by atomic mass is 10.1. The molecule has 78 valence electrons. The quantitative estimate of drug-likeness (QED) is 0.714. The van der Waals surface area contributed by atoms with Crippen LogP contribution in [-0.4, -0.2) is 14.5 Å². The zero-order chi connectivity index (χ0) is 10.8. The first-order valence-electron chi connectivity index (χ1n) is 4.62. The third kappa shape index (κ3) is 2.03. The SMILES string of the molecule is CC1=CC=CS(O)=C1c1cccc(O)c1. The van der Waals surface area contributed by atoms with E-state index >= 15 is 0 Å². The standard InChI is InChI=1S/C12H12O2S/c1-9-4-3-7-15(14)12(9)10-5-2-6-11(13)8-10/h2-8,13-14H,1H3. The average molecular weight is 220 g/mol. The third-order valence-electron chi connectivity index (χ3n) is 2.23. The van der Waals surface area contributed by atoms with Crippen LogP contribution in [-0.2, 0) is 0 Å². The lowest BCUT2D eigenvalue weighted by Gasteiger charge is -2.13. The first-order chi connectivity index (χ1) is 7.18. The Hall–Kier alpha value is -1.32. The van der Waals surface area contributed by atoms with Gasteiger partial charge in [0.2, 0.25) is 0 Å². The molecule has 15 heavy (non-hydrogen) atoms. The van der Waals surface area contributed by atoms with Gasteiger partial charge in [0, 0.05) is 4.86 Å². The minimum atomic E-state index is -0.861. The zero-order valence-electron chi connectivity index (χ0n) is 8.34. The van der Waals surface area contributed by atoms with Crippen molar-refractivity contribution in [3.8, 4) is 5.75 Å². The Kier molecular flexibility index (Phi) is 2.75. The number of phenols is 1. The molecule has 3 heteroatoms. The normalized spacial score (nSPS) is 20.3. The van der Waals surface area contributed by atoms with Gasteiger partial charge in [0.1, 0.15) is 5.75 Å². The van der Waals surface area contributed by atoms with E-state index in [9.17, 15) is 9.66 Å². The maximum atomic E-state index is 9.87. The van der Waals surface area contributed by atoms with Gasteiger partial charge in [-0.15, -0.1) is 0 Å². The van der Waals surface area contributed by atoms with Crippen molar-refractivity contribution >= 4 is 15.6 Å². The van der Waals surface area contributed by atoms with Crippen LogP contribution in [0.3, 0.4) is 0 Å². The molecule has 1 atom stereocenters. The number of rotatable bonds is 1. The van der Waals surface area contributed by atoms with Gasteiger partial charge in [0.25, 0.3) is 0 Å². The molecule has 1 aliphatic heterocycles. The zero-order valence-corrected chi connectivity index (χ0v) is 9.16. The van der Waals surface area contributed by atoms with Gasteiger partial charge in [-0.3, -0.25) is 0 Å². The summed E-state index contributed by atoms with van der Waals surface area (Å²) in [5.41, 5.74) is 1.91. The molecule has 0 aromatic heterocycles. The molecule has 0 amide bonds. The summed E-state index contributed by atoms with van der Waals surface area (Å²) in [6, 6.07) is 6.96. The van der Waals surface area contributed by atoms with Gasteiger partial charge in [-0.05, 0) is 46.4 Å². The molecule has 0 saturated heterocycles. The summed E-state index contributed by atoms with van der Waals surface area (Å²) in [6.07, 6.45) is 3.81. The molecule has 0 aliphatic carbocycles. The first-order valence-corrected chi connectivity index (χ1v) is 5.87. The molecule has 0 saturated carbocycles. The molecule has 2 rings (SSSR count). The Labute approximate surface area is 91.3 Å². The fraction of sp³-hybridized carbons (Fsp3) is 0.0833. The summed E-state index contributed by atoms with van der Waals surface area (Å²) >= 11 is 0. The van der Waals surface area contributed by atoms with Crippen molar-refractivity contribution in [1.82, 2.24) is 0 Å². The second-order valence-electron chi connectivity index (χ2n) is 3.37. The maximum absolute atomic E-state index is 9.87. The lowest BCUT2D eigenvalue weighted by Crippen LogP contribution is -2.04. The van der Waals surface area contributed by atoms with Gasteiger partial charge in [-0.25, -0.2) is 0 Å². The van der Waals surface area contributed by atoms with Crippen LogP contribution in [0.25, 0.3) is 0 Å². The summed E-state index contributed by atoms with van der Waals surface area (Å²) in [4.78, 5) is 0.883. The highest BCUT2D eigenvalue weighted by Gasteiger charge is 2.10. The van der Waals surface area contributed by atoms with E-state index in [1.165, 1.54) is 0 Å². The van der Waals surface area contributed by atoms with Gasteiger partial charge < -0.3 is 9.66 Å². The summed E-state index contributed by atoms with van der Waals surface area (Å²) in [5.74, 6) is 0.222. The Morgan fingerprint density at radius 1 is 1.27 bits per heavy atom. The van der Waals surface area contributed by atoms with Crippen LogP contribution >= 0.6 is 10.8 Å². The summed E-state index contributed by atoms with van der Waals surface area (Å²) < 4.78 is 9.87. The van der Waals surface area contributed by atoms with E-state index in [0.717, 1.165) is 16.0 Å². The molecule has 1 unspecified atom stereocenters. The minimum absolute atomic E-state index is 0.222. The predicted octanol–water partition coefficient (Wildman–Crippen LogP) is 3.13. The topological polar surface area (TPSA) is 40.5 Å². The van der Waals surface area contributed by atoms with Crippen LogP contribution in [0.2, 0.25) is 0 Å². The molecule has 1 aromatic carbocycles. The molecule has 1 aliphatic rings. The Morgan fingerprint density at radius 3 is 2.73 bits per heavy atom. The van der Waals surface area contributed by atoms with Crippen molar-refractivity contribution in [3.63, 3.8) is 0 Å². The van der Waals surface area contributed by atoms with Gasteiger partial charge in [0.05, 0.1) is 0 Å². The van der Waals surface area contributed by atoms with Gasteiger partial charge in [0.15, 0.2) is 0 Å². The van der Waals surface area contributed by atoms with Crippen LogP contribution in [0.1, 0.15) is 12.5 Å². The van der Waals surface area contributed by atoms with E-state index in [0.29, 0.717) is 0 Å². The van der Waals surface area contributed by atoms with Crippen LogP contribution in [0, 0.1) is 0 Å². The van der Waals surface area contributed by atoms with E-state index in [4.69, 9.17) is 0 Å². The highest BCUT2D eigenvalue weighted by molar-refractivity contribution is 8.14. The lowest BCUT2D eigenvalue weighted by molar-refractivity contribution is 0.475. The second kappa shape index (κ2) is 4.04. The number of allylic oxidation sites excluding steroid dienone is 3. The predicted molar refractivity (Wildman–Crippen MR) is 65.3 cm³/mol. The Morgan fingerprint density at radius 2 is 2.07 bits per heavy atom. The molecule has 0 radical (unpaired) electrons. The number of hydrogen-bond acceptors (Lipinski definition) is 2. The van der Waals surface area contributed by atoms with Crippen LogP contribution in [0.15, 0.2) is 47.4 Å². The largest absolute Gasteiger partial charge is 0.508 e. The monoisotopic (exact) mass is 220 g/mol. The molecule has 1 aromatic rings. The van der Waals surface area contributed by atoms with E-state index in [-0.39, 0.29) is 5.75 Å². The molecular weight excluding hydrogens is 208 g/mol. The van der Waals surface area contributed by atoms with Crippen molar-refractivity contribution in [2.45, 2.75) is 6.92 Å². The van der Waals surface area contributed by atoms with Crippen LogP contribution < -0.4 is 0 Å². The van der Waals surface area contributed by atoms with E-state index in [1.807, 2.05) is 25.1 Å². The highest BCUT2D eigenvalue weighted by atomic mass is 32.2. The third-order valence-corrected chi connectivity index (χ3v) is 3.62. The molecule has 2 N–H and O–H groups in total. The number of hydrogen-bond donors (Lipinski definition) is 2. The second-order valence-corrected chi connectivity index (χ2v) is 4.68. The van der Waals surface area contributed by atoms with Gasteiger partial charge in [-0.1, -0.05) is 24.3 Å². The van der Waals surface area contributed by atoms with Crippen molar-refractivity contribution in [2.75, 3.05) is 0 Å². The fourth-order valence-electron chi connectivity index (χ4n) is 1.56. The molecule has 0 bridgehead atoms. The van der Waals surface area contributed by atoms with Gasteiger partial charge >= 0.3 is 0 Å².